The number of alkyl halides is 2. The second-order valence-corrected chi connectivity index (χ2v) is 4.59. The summed E-state index contributed by atoms with van der Waals surface area (Å²) in [6.07, 6.45) is 3.58. The lowest BCUT2D eigenvalue weighted by molar-refractivity contribution is -0.144. The van der Waals surface area contributed by atoms with Gasteiger partial charge in [0, 0.05) is 12.6 Å². The summed E-state index contributed by atoms with van der Waals surface area (Å²) in [6, 6.07) is 0.106. The maximum Gasteiger partial charge on any atom is 0.315 e. The maximum atomic E-state index is 12.3. The Morgan fingerprint density at radius 3 is 2.40 bits per heavy atom. The highest BCUT2D eigenvalue weighted by molar-refractivity contribution is 5.79. The minimum absolute atomic E-state index is 0.106. The smallest absolute Gasteiger partial charge is 0.315 e. The van der Waals surface area contributed by atoms with Crippen LogP contribution < -0.4 is 0 Å². The van der Waals surface area contributed by atoms with Crippen LogP contribution in [0.2, 0.25) is 0 Å². The molecule has 1 aliphatic carbocycles. The predicted octanol–water partition coefficient (Wildman–Crippen LogP) is 2.43. The second kappa shape index (κ2) is 4.45. The van der Waals surface area contributed by atoms with E-state index in [0.717, 1.165) is 25.7 Å². The van der Waals surface area contributed by atoms with Gasteiger partial charge in [-0.1, -0.05) is 12.8 Å². The average molecular weight is 217 g/mol. The van der Waals surface area contributed by atoms with Gasteiger partial charge in [0.05, 0.1) is 0 Å². The van der Waals surface area contributed by atoms with E-state index in [1.54, 1.807) is 0 Å². The van der Waals surface area contributed by atoms with Gasteiger partial charge in [0.2, 0.25) is 0 Å². The number of likely N-dealkylation sites (tertiary alicyclic amines) is 1. The van der Waals surface area contributed by atoms with E-state index in [1.807, 2.05) is 0 Å². The summed E-state index contributed by atoms with van der Waals surface area (Å²) in [6.45, 7) is 0.532. The highest BCUT2D eigenvalue weighted by atomic mass is 19.3. The number of amides is 1. The van der Waals surface area contributed by atoms with Crippen molar-refractivity contribution in [2.24, 2.45) is 5.92 Å². The van der Waals surface area contributed by atoms with Crippen molar-refractivity contribution >= 4 is 5.91 Å². The second-order valence-electron chi connectivity index (χ2n) is 4.59. The molecule has 0 bridgehead atoms. The first-order valence-electron chi connectivity index (χ1n) is 5.79. The Hall–Kier alpha value is -0.670. The first-order valence-corrected chi connectivity index (χ1v) is 5.79. The van der Waals surface area contributed by atoms with Crippen LogP contribution in [0.15, 0.2) is 0 Å². The molecule has 2 fully saturated rings. The van der Waals surface area contributed by atoms with E-state index >= 15 is 0 Å². The Morgan fingerprint density at radius 2 is 1.80 bits per heavy atom. The van der Waals surface area contributed by atoms with E-state index in [9.17, 15) is 13.6 Å². The van der Waals surface area contributed by atoms with Gasteiger partial charge in [-0.2, -0.15) is 8.78 Å². The summed E-state index contributed by atoms with van der Waals surface area (Å²) in [5.41, 5.74) is 0. The SMILES string of the molecule is O=C(C(F)F)N1CCCC1C1CCCC1. The van der Waals surface area contributed by atoms with Crippen LogP contribution in [-0.2, 0) is 4.79 Å². The van der Waals surface area contributed by atoms with E-state index in [4.69, 9.17) is 0 Å². The zero-order valence-electron chi connectivity index (χ0n) is 8.79. The van der Waals surface area contributed by atoms with Crippen LogP contribution >= 0.6 is 0 Å². The molecule has 1 aliphatic heterocycles. The molecule has 0 radical (unpaired) electrons. The summed E-state index contributed by atoms with van der Waals surface area (Å²) in [5, 5.41) is 0. The van der Waals surface area contributed by atoms with Crippen LogP contribution in [-0.4, -0.2) is 29.8 Å². The van der Waals surface area contributed by atoms with Gasteiger partial charge in [0.15, 0.2) is 0 Å². The molecule has 0 N–H and O–H groups in total. The Labute approximate surface area is 88.6 Å². The van der Waals surface area contributed by atoms with Crippen LogP contribution in [0.3, 0.4) is 0 Å². The highest BCUT2D eigenvalue weighted by Crippen LogP contribution is 2.35. The molecule has 2 rings (SSSR count). The summed E-state index contributed by atoms with van der Waals surface area (Å²) in [7, 11) is 0. The van der Waals surface area contributed by atoms with Gasteiger partial charge >= 0.3 is 6.43 Å². The number of halogens is 2. The minimum Gasteiger partial charge on any atom is -0.334 e. The molecule has 1 unspecified atom stereocenters. The number of rotatable bonds is 2. The van der Waals surface area contributed by atoms with E-state index < -0.39 is 12.3 Å². The molecule has 1 heterocycles. The fourth-order valence-electron chi connectivity index (χ4n) is 3.02. The lowest BCUT2D eigenvalue weighted by Crippen LogP contribution is -2.42. The molecule has 1 atom stereocenters. The summed E-state index contributed by atoms with van der Waals surface area (Å²) >= 11 is 0. The highest BCUT2D eigenvalue weighted by Gasteiger charge is 2.38. The molecule has 0 aromatic heterocycles. The number of nitrogens with zero attached hydrogens (tertiary/aromatic N) is 1. The molecule has 1 saturated carbocycles. The molecular weight excluding hydrogens is 200 g/mol. The Morgan fingerprint density at radius 1 is 1.13 bits per heavy atom. The molecule has 1 amide bonds. The lowest BCUT2D eigenvalue weighted by atomic mass is 9.96. The van der Waals surface area contributed by atoms with Crippen molar-refractivity contribution in [1.82, 2.24) is 4.90 Å². The third-order valence-corrected chi connectivity index (χ3v) is 3.71. The van der Waals surface area contributed by atoms with Gasteiger partial charge in [0.1, 0.15) is 0 Å². The molecule has 0 spiro atoms. The standard InChI is InChI=1S/C11H17F2NO/c12-10(13)11(15)14-7-3-6-9(14)8-4-1-2-5-8/h8-10H,1-7H2. The third kappa shape index (κ3) is 2.13. The molecule has 0 aromatic carbocycles. The Bertz CT molecular complexity index is 239. The lowest BCUT2D eigenvalue weighted by Gasteiger charge is -2.29. The van der Waals surface area contributed by atoms with E-state index in [0.29, 0.717) is 12.5 Å². The normalized spacial score (nSPS) is 27.9. The number of hydrogen-bond donors (Lipinski definition) is 0. The molecular formula is C11H17F2NO. The molecule has 1 saturated heterocycles. The van der Waals surface area contributed by atoms with Crippen molar-refractivity contribution in [3.8, 4) is 0 Å². The van der Waals surface area contributed by atoms with Gasteiger partial charge in [-0.25, -0.2) is 0 Å². The summed E-state index contributed by atoms with van der Waals surface area (Å²) < 4.78 is 24.7. The van der Waals surface area contributed by atoms with Crippen LogP contribution in [0.25, 0.3) is 0 Å². The monoisotopic (exact) mass is 217 g/mol. The topological polar surface area (TPSA) is 20.3 Å². The number of hydrogen-bond acceptors (Lipinski definition) is 1. The first-order chi connectivity index (χ1) is 7.20. The van der Waals surface area contributed by atoms with Crippen molar-refractivity contribution in [1.29, 1.82) is 0 Å². The van der Waals surface area contributed by atoms with Gasteiger partial charge in [-0.15, -0.1) is 0 Å². The molecule has 15 heavy (non-hydrogen) atoms. The van der Waals surface area contributed by atoms with E-state index in [2.05, 4.69) is 0 Å². The van der Waals surface area contributed by atoms with Gasteiger partial charge < -0.3 is 4.90 Å². The van der Waals surface area contributed by atoms with Gasteiger partial charge in [-0.3, -0.25) is 4.79 Å². The third-order valence-electron chi connectivity index (χ3n) is 3.71. The minimum atomic E-state index is -2.83. The molecule has 2 aliphatic rings. The van der Waals surface area contributed by atoms with E-state index in [1.165, 1.54) is 17.7 Å². The molecule has 4 heteroatoms. The first kappa shape index (κ1) is 10.8. The zero-order valence-corrected chi connectivity index (χ0v) is 8.79. The fraction of sp³-hybridized carbons (Fsp3) is 0.909. The van der Waals surface area contributed by atoms with Crippen LogP contribution in [0.1, 0.15) is 38.5 Å². The number of carbonyl (C=O) groups excluding carboxylic acids is 1. The van der Waals surface area contributed by atoms with Crippen molar-refractivity contribution in [2.75, 3.05) is 6.54 Å². The maximum absolute atomic E-state index is 12.3. The zero-order chi connectivity index (χ0) is 10.8. The van der Waals surface area contributed by atoms with Gasteiger partial charge in [0.25, 0.3) is 5.91 Å². The van der Waals surface area contributed by atoms with Crippen LogP contribution in [0, 0.1) is 5.92 Å². The predicted molar refractivity (Wildman–Crippen MR) is 52.7 cm³/mol. The van der Waals surface area contributed by atoms with Gasteiger partial charge in [-0.05, 0) is 31.6 Å². The van der Waals surface area contributed by atoms with Crippen LogP contribution in [0.4, 0.5) is 8.78 Å². The molecule has 0 aromatic rings. The average Bonchev–Trinajstić information content (AvgIpc) is 2.86. The Kier molecular flexibility index (Phi) is 3.22. The van der Waals surface area contributed by atoms with Crippen molar-refractivity contribution in [2.45, 2.75) is 51.0 Å². The molecule has 86 valence electrons. The number of carbonyl (C=O) groups is 1. The quantitative estimate of drug-likeness (QED) is 0.695. The van der Waals surface area contributed by atoms with E-state index in [-0.39, 0.29) is 6.04 Å². The van der Waals surface area contributed by atoms with Crippen molar-refractivity contribution in [3.63, 3.8) is 0 Å². The van der Waals surface area contributed by atoms with Crippen molar-refractivity contribution < 1.29 is 13.6 Å². The molecule has 2 nitrogen and oxygen atoms in total. The summed E-state index contributed by atoms with van der Waals surface area (Å²) in [5.74, 6) is -0.473. The van der Waals surface area contributed by atoms with Crippen molar-refractivity contribution in [3.05, 3.63) is 0 Å². The van der Waals surface area contributed by atoms with Crippen LogP contribution in [0.5, 0.6) is 0 Å². The fourth-order valence-corrected chi connectivity index (χ4v) is 3.02. The largest absolute Gasteiger partial charge is 0.334 e. The Balaban J connectivity index is 2.01. The summed E-state index contributed by atoms with van der Waals surface area (Å²) in [4.78, 5) is 12.7.